The summed E-state index contributed by atoms with van der Waals surface area (Å²) < 4.78 is 5.24. The van der Waals surface area contributed by atoms with E-state index in [9.17, 15) is 0 Å². The summed E-state index contributed by atoms with van der Waals surface area (Å²) in [4.78, 5) is 1.41. The molecule has 0 aliphatic rings. The lowest BCUT2D eigenvalue weighted by atomic mass is 10.0. The van der Waals surface area contributed by atoms with Crippen LogP contribution in [0.4, 0.5) is 0 Å². The summed E-state index contributed by atoms with van der Waals surface area (Å²) in [7, 11) is 1.62. The van der Waals surface area contributed by atoms with E-state index in [1.54, 1.807) is 18.4 Å². The Kier molecular flexibility index (Phi) is 5.86. The number of hydrazine groups is 1. The van der Waals surface area contributed by atoms with Crippen LogP contribution in [0.25, 0.3) is 0 Å². The highest BCUT2D eigenvalue weighted by molar-refractivity contribution is 7.09. The molecule has 0 saturated carbocycles. The summed E-state index contributed by atoms with van der Waals surface area (Å²) in [5.74, 6) is 6.36. The molecule has 1 atom stereocenters. The van der Waals surface area contributed by atoms with Crippen LogP contribution in [0.1, 0.15) is 29.3 Å². The van der Waals surface area contributed by atoms with Gasteiger partial charge >= 0.3 is 0 Å². The van der Waals surface area contributed by atoms with E-state index in [-0.39, 0.29) is 6.04 Å². The van der Waals surface area contributed by atoms with Gasteiger partial charge in [-0.3, -0.25) is 11.3 Å². The molecule has 0 fully saturated rings. The maximum atomic E-state index is 6.04. The summed E-state index contributed by atoms with van der Waals surface area (Å²) in [5.41, 5.74) is 3.97. The molecule has 5 heteroatoms. The summed E-state index contributed by atoms with van der Waals surface area (Å²) >= 11 is 7.84. The monoisotopic (exact) mass is 310 g/mol. The molecule has 1 heterocycles. The number of methoxy groups -OCH3 is 1. The zero-order valence-corrected chi connectivity index (χ0v) is 13.0. The topological polar surface area (TPSA) is 47.3 Å². The van der Waals surface area contributed by atoms with Crippen molar-refractivity contribution in [3.63, 3.8) is 0 Å². The Morgan fingerprint density at radius 2 is 2.25 bits per heavy atom. The first-order valence-electron chi connectivity index (χ1n) is 6.56. The number of nitrogens with two attached hydrogens (primary N) is 1. The van der Waals surface area contributed by atoms with Gasteiger partial charge in [0.15, 0.2) is 0 Å². The van der Waals surface area contributed by atoms with Crippen molar-refractivity contribution in [2.24, 2.45) is 5.84 Å². The van der Waals surface area contributed by atoms with E-state index >= 15 is 0 Å². The van der Waals surface area contributed by atoms with Gasteiger partial charge in [0.1, 0.15) is 5.75 Å². The third-order valence-electron chi connectivity index (χ3n) is 3.27. The summed E-state index contributed by atoms with van der Waals surface area (Å²) in [6.45, 7) is 0. The molecule has 0 saturated heterocycles. The second-order valence-electron chi connectivity index (χ2n) is 4.58. The molecular weight excluding hydrogens is 292 g/mol. The summed E-state index contributed by atoms with van der Waals surface area (Å²) in [5, 5.41) is 2.73. The highest BCUT2D eigenvalue weighted by Gasteiger charge is 2.12. The normalized spacial score (nSPS) is 12.3. The average Bonchev–Trinajstić information content (AvgIpc) is 2.98. The van der Waals surface area contributed by atoms with Crippen LogP contribution in [0.15, 0.2) is 35.7 Å². The highest BCUT2D eigenvalue weighted by Crippen LogP contribution is 2.29. The van der Waals surface area contributed by atoms with Gasteiger partial charge in [-0.15, -0.1) is 11.3 Å². The van der Waals surface area contributed by atoms with Crippen LogP contribution in [-0.4, -0.2) is 7.11 Å². The summed E-state index contributed by atoms with van der Waals surface area (Å²) in [6, 6.07) is 10.1. The lowest BCUT2D eigenvalue weighted by molar-refractivity contribution is 0.412. The van der Waals surface area contributed by atoms with E-state index in [1.807, 2.05) is 18.2 Å². The van der Waals surface area contributed by atoms with Crippen LogP contribution in [0.2, 0.25) is 5.02 Å². The molecule has 0 bridgehead atoms. The number of halogens is 1. The first-order chi connectivity index (χ1) is 9.74. The average molecular weight is 311 g/mol. The van der Waals surface area contributed by atoms with Crippen molar-refractivity contribution in [1.29, 1.82) is 0 Å². The van der Waals surface area contributed by atoms with Gasteiger partial charge < -0.3 is 4.74 Å². The quantitative estimate of drug-likeness (QED) is 0.601. The number of nitrogens with one attached hydrogen (secondary N) is 1. The van der Waals surface area contributed by atoms with Crippen LogP contribution >= 0.6 is 22.9 Å². The molecule has 20 heavy (non-hydrogen) atoms. The Labute approximate surface area is 128 Å². The van der Waals surface area contributed by atoms with Gasteiger partial charge in [-0.05, 0) is 48.4 Å². The van der Waals surface area contributed by atoms with Crippen molar-refractivity contribution in [2.75, 3.05) is 7.11 Å². The second kappa shape index (κ2) is 7.64. The van der Waals surface area contributed by atoms with Crippen LogP contribution in [0.5, 0.6) is 5.75 Å². The minimum Gasteiger partial charge on any atom is -0.495 e. The Morgan fingerprint density at radius 3 is 2.90 bits per heavy atom. The van der Waals surface area contributed by atoms with Crippen molar-refractivity contribution in [3.8, 4) is 5.75 Å². The Bertz CT molecular complexity index is 531. The number of ether oxygens (including phenoxy) is 1. The largest absolute Gasteiger partial charge is 0.495 e. The Hall–Kier alpha value is -1.07. The predicted molar refractivity (Wildman–Crippen MR) is 85.3 cm³/mol. The van der Waals surface area contributed by atoms with E-state index in [0.717, 1.165) is 24.8 Å². The molecule has 2 rings (SSSR count). The third-order valence-corrected chi connectivity index (χ3v) is 4.52. The van der Waals surface area contributed by atoms with Gasteiger partial charge in [-0.1, -0.05) is 23.7 Å². The van der Waals surface area contributed by atoms with Crippen LogP contribution in [0.3, 0.4) is 0 Å². The number of hydrogen-bond donors (Lipinski definition) is 2. The SMILES string of the molecule is COc1cc(C(CCCc2cccs2)NN)ccc1Cl. The van der Waals surface area contributed by atoms with E-state index in [2.05, 4.69) is 22.9 Å². The smallest absolute Gasteiger partial charge is 0.137 e. The maximum absolute atomic E-state index is 6.04. The molecule has 0 radical (unpaired) electrons. The van der Waals surface area contributed by atoms with E-state index in [1.165, 1.54) is 4.88 Å². The molecule has 1 aromatic carbocycles. The van der Waals surface area contributed by atoms with Crippen molar-refractivity contribution >= 4 is 22.9 Å². The van der Waals surface area contributed by atoms with Crippen LogP contribution < -0.4 is 16.0 Å². The van der Waals surface area contributed by atoms with Crippen molar-refractivity contribution in [2.45, 2.75) is 25.3 Å². The van der Waals surface area contributed by atoms with Crippen LogP contribution in [-0.2, 0) is 6.42 Å². The van der Waals surface area contributed by atoms with E-state index in [0.29, 0.717) is 10.8 Å². The van der Waals surface area contributed by atoms with Gasteiger partial charge in [0, 0.05) is 10.9 Å². The van der Waals surface area contributed by atoms with Gasteiger partial charge in [-0.2, -0.15) is 0 Å². The minimum atomic E-state index is 0.112. The number of hydrogen-bond acceptors (Lipinski definition) is 4. The van der Waals surface area contributed by atoms with Gasteiger partial charge in [-0.25, -0.2) is 0 Å². The standard InChI is InChI=1S/C15H19ClN2OS/c1-19-15-10-11(7-8-13(15)16)14(18-17)6-2-4-12-5-3-9-20-12/h3,5,7-10,14,18H,2,4,6,17H2,1H3. The molecule has 3 N–H and O–H groups in total. The molecule has 108 valence electrons. The molecule has 0 aliphatic heterocycles. The second-order valence-corrected chi connectivity index (χ2v) is 6.02. The Balaban J connectivity index is 1.97. The van der Waals surface area contributed by atoms with E-state index < -0.39 is 0 Å². The lowest BCUT2D eigenvalue weighted by Gasteiger charge is -2.17. The van der Waals surface area contributed by atoms with Gasteiger partial charge in [0.25, 0.3) is 0 Å². The highest BCUT2D eigenvalue weighted by atomic mass is 35.5. The molecule has 3 nitrogen and oxygen atoms in total. The molecule has 0 spiro atoms. The molecule has 0 amide bonds. The zero-order valence-electron chi connectivity index (χ0n) is 11.4. The number of thiophene rings is 1. The van der Waals surface area contributed by atoms with Crippen molar-refractivity contribution in [3.05, 3.63) is 51.2 Å². The first kappa shape index (κ1) is 15.3. The number of benzene rings is 1. The maximum Gasteiger partial charge on any atom is 0.137 e. The molecule has 2 aromatic rings. The number of aryl methyl sites for hydroxylation is 1. The van der Waals surface area contributed by atoms with Gasteiger partial charge in [0.2, 0.25) is 0 Å². The summed E-state index contributed by atoms with van der Waals surface area (Å²) in [6.07, 6.45) is 3.14. The predicted octanol–water partition coefficient (Wildman–Crippen LogP) is 3.94. The molecule has 1 unspecified atom stereocenters. The lowest BCUT2D eigenvalue weighted by Crippen LogP contribution is -2.28. The Morgan fingerprint density at radius 1 is 1.40 bits per heavy atom. The third kappa shape index (κ3) is 3.96. The first-order valence-corrected chi connectivity index (χ1v) is 7.82. The zero-order chi connectivity index (χ0) is 14.4. The fraction of sp³-hybridized carbons (Fsp3) is 0.333. The molecular formula is C15H19ClN2OS. The molecule has 1 aromatic heterocycles. The number of rotatable bonds is 7. The van der Waals surface area contributed by atoms with Gasteiger partial charge in [0.05, 0.1) is 12.1 Å². The minimum absolute atomic E-state index is 0.112. The fourth-order valence-electron chi connectivity index (χ4n) is 2.17. The van der Waals surface area contributed by atoms with Crippen molar-refractivity contribution in [1.82, 2.24) is 5.43 Å². The molecule has 0 aliphatic carbocycles. The van der Waals surface area contributed by atoms with E-state index in [4.69, 9.17) is 22.2 Å². The van der Waals surface area contributed by atoms with Crippen LogP contribution in [0, 0.1) is 0 Å². The fourth-order valence-corrected chi connectivity index (χ4v) is 3.12. The van der Waals surface area contributed by atoms with Crippen molar-refractivity contribution < 1.29 is 4.74 Å².